The molecule has 1 unspecified atom stereocenters. The van der Waals surface area contributed by atoms with Gasteiger partial charge in [-0.2, -0.15) is 0 Å². The monoisotopic (exact) mass is 273 g/mol. The Labute approximate surface area is 123 Å². The van der Waals surface area contributed by atoms with Crippen LogP contribution in [0.1, 0.15) is 65.5 Å². The minimum Gasteiger partial charge on any atom is -0.468 e. The third kappa shape index (κ3) is 2.10. The molecule has 1 fully saturated rings. The molecule has 0 N–H and O–H groups in total. The Morgan fingerprint density at radius 1 is 1.05 bits per heavy atom. The minimum absolute atomic E-state index is 0.116. The topological polar surface area (TPSA) is 12.5 Å². The number of benzene rings is 1. The summed E-state index contributed by atoms with van der Waals surface area (Å²) < 4.78 is 6.28. The van der Waals surface area contributed by atoms with Crippen molar-refractivity contribution in [3.8, 4) is 5.75 Å². The van der Waals surface area contributed by atoms with Gasteiger partial charge in [-0.25, -0.2) is 0 Å². The fraction of sp³-hybridized carbons (Fsp3) is 0.667. The van der Waals surface area contributed by atoms with Crippen molar-refractivity contribution in [2.75, 3.05) is 11.4 Å². The third-order valence-corrected chi connectivity index (χ3v) is 4.50. The van der Waals surface area contributed by atoms with Crippen LogP contribution in [0, 0.1) is 0 Å². The molecule has 110 valence electrons. The molecule has 1 saturated heterocycles. The summed E-state index contributed by atoms with van der Waals surface area (Å²) in [7, 11) is 0. The van der Waals surface area contributed by atoms with Crippen molar-refractivity contribution in [2.24, 2.45) is 0 Å². The smallest absolute Gasteiger partial charge is 0.172 e. The van der Waals surface area contributed by atoms with Crippen LogP contribution < -0.4 is 9.64 Å². The number of hydrogen-bond donors (Lipinski definition) is 0. The minimum atomic E-state index is 0.116. The van der Waals surface area contributed by atoms with E-state index in [0.717, 1.165) is 18.7 Å². The lowest BCUT2D eigenvalue weighted by Gasteiger charge is -2.27. The molecule has 0 aliphatic carbocycles. The van der Waals surface area contributed by atoms with Crippen molar-refractivity contribution in [3.05, 3.63) is 23.3 Å². The fourth-order valence-electron chi connectivity index (χ4n) is 3.21. The molecule has 3 rings (SSSR count). The highest BCUT2D eigenvalue weighted by Crippen LogP contribution is 2.49. The van der Waals surface area contributed by atoms with E-state index in [1.165, 1.54) is 23.2 Å². The Hall–Kier alpha value is -1.18. The Morgan fingerprint density at radius 2 is 1.75 bits per heavy atom. The SMILES string of the molecule is CC(C)(C)c1cc2c(c(C(C)(C)C)c1)OC1CCCN21. The van der Waals surface area contributed by atoms with Gasteiger partial charge in [0.05, 0.1) is 5.69 Å². The van der Waals surface area contributed by atoms with Gasteiger partial charge in [0.1, 0.15) is 5.75 Å². The quantitative estimate of drug-likeness (QED) is 0.685. The summed E-state index contributed by atoms with van der Waals surface area (Å²) in [6.45, 7) is 14.8. The zero-order valence-corrected chi connectivity index (χ0v) is 13.7. The molecule has 2 nitrogen and oxygen atoms in total. The first-order valence-corrected chi connectivity index (χ1v) is 7.80. The van der Waals surface area contributed by atoms with E-state index in [-0.39, 0.29) is 17.1 Å². The highest BCUT2D eigenvalue weighted by Gasteiger charge is 2.39. The molecule has 0 bridgehead atoms. The van der Waals surface area contributed by atoms with E-state index in [2.05, 4.69) is 58.6 Å². The molecule has 2 aliphatic rings. The van der Waals surface area contributed by atoms with E-state index < -0.39 is 0 Å². The van der Waals surface area contributed by atoms with Crippen molar-refractivity contribution in [2.45, 2.75) is 71.4 Å². The maximum atomic E-state index is 6.28. The molecule has 0 radical (unpaired) electrons. The number of anilines is 1. The molecule has 0 aromatic heterocycles. The van der Waals surface area contributed by atoms with Crippen LogP contribution in [0.4, 0.5) is 5.69 Å². The predicted molar refractivity (Wildman–Crippen MR) is 84.8 cm³/mol. The van der Waals surface area contributed by atoms with E-state index in [1.807, 2.05) is 0 Å². The fourth-order valence-corrected chi connectivity index (χ4v) is 3.21. The van der Waals surface area contributed by atoms with Gasteiger partial charge < -0.3 is 9.64 Å². The average molecular weight is 273 g/mol. The number of fused-ring (bicyclic) bond motifs is 3. The molecule has 1 atom stereocenters. The molecular formula is C18H27NO. The van der Waals surface area contributed by atoms with E-state index in [4.69, 9.17) is 4.74 Å². The number of nitrogens with zero attached hydrogens (tertiary/aromatic N) is 1. The maximum Gasteiger partial charge on any atom is 0.172 e. The van der Waals surface area contributed by atoms with Crippen molar-refractivity contribution in [3.63, 3.8) is 0 Å². The lowest BCUT2D eigenvalue weighted by atomic mass is 9.79. The Kier molecular flexibility index (Phi) is 2.87. The second-order valence-corrected chi connectivity index (χ2v) is 8.28. The van der Waals surface area contributed by atoms with Gasteiger partial charge in [0, 0.05) is 18.5 Å². The second kappa shape index (κ2) is 4.16. The summed E-state index contributed by atoms with van der Waals surface area (Å²) in [5, 5.41) is 0. The van der Waals surface area contributed by atoms with Crippen LogP contribution in [0.2, 0.25) is 0 Å². The lowest BCUT2D eigenvalue weighted by molar-refractivity contribution is 0.234. The Bertz CT molecular complexity index is 534. The van der Waals surface area contributed by atoms with Gasteiger partial charge in [0.2, 0.25) is 0 Å². The summed E-state index contributed by atoms with van der Waals surface area (Å²) in [5.41, 5.74) is 4.38. The molecule has 2 aliphatic heterocycles. The summed E-state index contributed by atoms with van der Waals surface area (Å²) in [5.74, 6) is 1.13. The average Bonchev–Trinajstić information content (AvgIpc) is 2.84. The molecule has 1 aromatic carbocycles. The van der Waals surface area contributed by atoms with Crippen LogP contribution in [0.5, 0.6) is 5.75 Å². The van der Waals surface area contributed by atoms with Crippen LogP contribution in [0.3, 0.4) is 0 Å². The van der Waals surface area contributed by atoms with E-state index in [1.54, 1.807) is 0 Å². The van der Waals surface area contributed by atoms with Crippen molar-refractivity contribution in [1.29, 1.82) is 0 Å². The van der Waals surface area contributed by atoms with Gasteiger partial charge in [0.25, 0.3) is 0 Å². The van der Waals surface area contributed by atoms with Crippen LogP contribution in [0.25, 0.3) is 0 Å². The van der Waals surface area contributed by atoms with Crippen LogP contribution in [0.15, 0.2) is 12.1 Å². The first kappa shape index (κ1) is 13.8. The molecule has 0 amide bonds. The zero-order chi connectivity index (χ0) is 14.7. The van der Waals surface area contributed by atoms with Crippen molar-refractivity contribution >= 4 is 5.69 Å². The maximum absolute atomic E-state index is 6.28. The van der Waals surface area contributed by atoms with E-state index >= 15 is 0 Å². The third-order valence-electron chi connectivity index (χ3n) is 4.50. The molecule has 2 heteroatoms. The second-order valence-electron chi connectivity index (χ2n) is 8.28. The summed E-state index contributed by atoms with van der Waals surface area (Å²) in [6, 6.07) is 4.72. The summed E-state index contributed by atoms with van der Waals surface area (Å²) in [6.07, 6.45) is 2.68. The highest BCUT2D eigenvalue weighted by atomic mass is 16.5. The Balaban J connectivity index is 2.19. The summed E-state index contributed by atoms with van der Waals surface area (Å²) in [4.78, 5) is 2.46. The number of ether oxygens (including phenoxy) is 1. The van der Waals surface area contributed by atoms with Gasteiger partial charge >= 0.3 is 0 Å². The standard InChI is InChI=1S/C18H27NO/c1-17(2,3)12-10-13(18(4,5)6)16-14(11-12)19-9-7-8-15(19)20-16/h10-11,15H,7-9H2,1-6H3. The van der Waals surface area contributed by atoms with Gasteiger partial charge in [-0.3, -0.25) is 0 Å². The molecule has 0 saturated carbocycles. The molecule has 2 heterocycles. The normalized spacial score (nSPS) is 21.7. The zero-order valence-electron chi connectivity index (χ0n) is 13.7. The number of rotatable bonds is 0. The van der Waals surface area contributed by atoms with Crippen LogP contribution in [-0.2, 0) is 10.8 Å². The first-order valence-electron chi connectivity index (χ1n) is 7.80. The summed E-state index contributed by atoms with van der Waals surface area (Å²) >= 11 is 0. The molecule has 1 aromatic rings. The van der Waals surface area contributed by atoms with Gasteiger partial charge in [0.15, 0.2) is 6.23 Å². The number of hydrogen-bond acceptors (Lipinski definition) is 2. The Morgan fingerprint density at radius 3 is 2.35 bits per heavy atom. The van der Waals surface area contributed by atoms with Gasteiger partial charge in [-0.05, 0) is 28.9 Å². The van der Waals surface area contributed by atoms with Crippen LogP contribution >= 0.6 is 0 Å². The molecule has 0 spiro atoms. The van der Waals surface area contributed by atoms with Gasteiger partial charge in [-0.1, -0.05) is 47.6 Å². The lowest BCUT2D eigenvalue weighted by Crippen LogP contribution is -2.27. The van der Waals surface area contributed by atoms with E-state index in [9.17, 15) is 0 Å². The largest absolute Gasteiger partial charge is 0.468 e. The van der Waals surface area contributed by atoms with E-state index in [0.29, 0.717) is 0 Å². The molecular weight excluding hydrogens is 246 g/mol. The van der Waals surface area contributed by atoms with Crippen molar-refractivity contribution < 1.29 is 4.74 Å². The predicted octanol–water partition coefficient (Wildman–Crippen LogP) is 4.60. The van der Waals surface area contributed by atoms with Crippen molar-refractivity contribution in [1.82, 2.24) is 0 Å². The van der Waals surface area contributed by atoms with Gasteiger partial charge in [-0.15, -0.1) is 0 Å². The first-order chi connectivity index (χ1) is 9.18. The molecule has 20 heavy (non-hydrogen) atoms. The van der Waals surface area contributed by atoms with Crippen LogP contribution in [-0.4, -0.2) is 12.8 Å². The highest BCUT2D eigenvalue weighted by molar-refractivity contribution is 5.69.